The third-order valence-electron chi connectivity index (χ3n) is 3.78. The standard InChI is InChI=1S/C14H12F8N2O/c15-9-3-1-2-4-10(9)23-5-7-24(8-6-23)11(25)12(16,17)13(18,19)14(20,21)22/h1-4H,5-8H2. The van der Waals surface area contributed by atoms with E-state index < -0.39 is 42.8 Å². The molecule has 2 rings (SSSR count). The Morgan fingerprint density at radius 3 is 1.88 bits per heavy atom. The van der Waals surface area contributed by atoms with Crippen LogP contribution in [0.4, 0.5) is 40.8 Å². The second-order valence-corrected chi connectivity index (χ2v) is 5.38. The topological polar surface area (TPSA) is 23.6 Å². The third kappa shape index (κ3) is 3.36. The maximum absolute atomic E-state index is 13.6. The summed E-state index contributed by atoms with van der Waals surface area (Å²) < 4.78 is 103. The highest BCUT2D eigenvalue weighted by Crippen LogP contribution is 2.47. The number of carbonyl (C=O) groups excluding carboxylic acids is 1. The Hall–Kier alpha value is -2.07. The van der Waals surface area contributed by atoms with E-state index >= 15 is 0 Å². The third-order valence-corrected chi connectivity index (χ3v) is 3.78. The largest absolute Gasteiger partial charge is 0.460 e. The van der Waals surface area contributed by atoms with Gasteiger partial charge < -0.3 is 9.80 Å². The summed E-state index contributed by atoms with van der Waals surface area (Å²) in [6, 6.07) is 5.45. The fraction of sp³-hybridized carbons (Fsp3) is 0.500. The van der Waals surface area contributed by atoms with Crippen molar-refractivity contribution in [2.24, 2.45) is 0 Å². The molecule has 0 atom stereocenters. The molecule has 1 saturated heterocycles. The molecule has 1 amide bonds. The molecule has 25 heavy (non-hydrogen) atoms. The van der Waals surface area contributed by atoms with Gasteiger partial charge in [-0.2, -0.15) is 30.7 Å². The number of carbonyl (C=O) groups is 1. The Morgan fingerprint density at radius 2 is 1.40 bits per heavy atom. The zero-order valence-electron chi connectivity index (χ0n) is 12.5. The molecule has 1 aromatic rings. The van der Waals surface area contributed by atoms with Gasteiger partial charge in [0.15, 0.2) is 0 Å². The molecule has 1 fully saturated rings. The van der Waals surface area contributed by atoms with E-state index in [0.717, 1.165) is 6.07 Å². The minimum Gasteiger partial charge on any atom is -0.366 e. The molecule has 0 spiro atoms. The van der Waals surface area contributed by atoms with Crippen LogP contribution >= 0.6 is 0 Å². The van der Waals surface area contributed by atoms with E-state index in [-0.39, 0.29) is 23.7 Å². The summed E-state index contributed by atoms with van der Waals surface area (Å²) in [4.78, 5) is 13.1. The number of nitrogens with zero attached hydrogens (tertiary/aromatic N) is 2. The van der Waals surface area contributed by atoms with Crippen molar-refractivity contribution in [3.8, 4) is 0 Å². The van der Waals surface area contributed by atoms with E-state index in [9.17, 15) is 39.9 Å². The molecular weight excluding hydrogens is 364 g/mol. The van der Waals surface area contributed by atoms with Crippen molar-refractivity contribution in [1.82, 2.24) is 4.90 Å². The molecule has 140 valence electrons. The Kier molecular flexibility index (Phi) is 4.88. The summed E-state index contributed by atoms with van der Waals surface area (Å²) in [5.74, 6) is -15.6. The second kappa shape index (κ2) is 6.34. The van der Waals surface area contributed by atoms with Gasteiger partial charge in [-0.15, -0.1) is 0 Å². The molecule has 3 nitrogen and oxygen atoms in total. The second-order valence-electron chi connectivity index (χ2n) is 5.38. The van der Waals surface area contributed by atoms with Gasteiger partial charge in [0.2, 0.25) is 0 Å². The van der Waals surface area contributed by atoms with Crippen LogP contribution in [0.25, 0.3) is 0 Å². The van der Waals surface area contributed by atoms with Crippen LogP contribution in [0, 0.1) is 5.82 Å². The fourth-order valence-corrected chi connectivity index (χ4v) is 2.37. The molecule has 0 aliphatic carbocycles. The predicted octanol–water partition coefficient (Wildman–Crippen LogP) is 3.31. The van der Waals surface area contributed by atoms with Crippen LogP contribution in [0.2, 0.25) is 0 Å². The molecule has 0 radical (unpaired) electrons. The van der Waals surface area contributed by atoms with Crippen molar-refractivity contribution in [3.05, 3.63) is 30.1 Å². The van der Waals surface area contributed by atoms with Gasteiger partial charge in [-0.1, -0.05) is 12.1 Å². The monoisotopic (exact) mass is 376 g/mol. The molecule has 11 heteroatoms. The van der Waals surface area contributed by atoms with Crippen LogP contribution in [0.15, 0.2) is 24.3 Å². The molecule has 1 aromatic carbocycles. The van der Waals surface area contributed by atoms with Crippen molar-refractivity contribution < 1.29 is 39.9 Å². The van der Waals surface area contributed by atoms with Gasteiger partial charge >= 0.3 is 18.0 Å². The normalized spacial score (nSPS) is 17.0. The number of hydrogen-bond donors (Lipinski definition) is 0. The number of piperazine rings is 1. The zero-order valence-corrected chi connectivity index (χ0v) is 12.5. The van der Waals surface area contributed by atoms with E-state index in [0.29, 0.717) is 0 Å². The van der Waals surface area contributed by atoms with Gasteiger partial charge in [0, 0.05) is 26.2 Å². The Bertz CT molecular complexity index is 638. The molecule has 0 bridgehead atoms. The highest BCUT2D eigenvalue weighted by Gasteiger charge is 2.76. The smallest absolute Gasteiger partial charge is 0.366 e. The van der Waals surface area contributed by atoms with E-state index in [2.05, 4.69) is 0 Å². The van der Waals surface area contributed by atoms with E-state index in [1.54, 1.807) is 0 Å². The molecule has 1 heterocycles. The average molecular weight is 376 g/mol. The summed E-state index contributed by atoms with van der Waals surface area (Å²) in [6.45, 7) is -1.48. The summed E-state index contributed by atoms with van der Waals surface area (Å²) in [6.07, 6.45) is -6.57. The number of halogens is 8. The van der Waals surface area contributed by atoms with Gasteiger partial charge in [0.05, 0.1) is 5.69 Å². The number of hydrogen-bond acceptors (Lipinski definition) is 2. The number of benzene rings is 1. The highest BCUT2D eigenvalue weighted by atomic mass is 19.4. The molecule has 0 N–H and O–H groups in total. The van der Waals surface area contributed by atoms with Crippen molar-refractivity contribution in [2.45, 2.75) is 18.0 Å². The van der Waals surface area contributed by atoms with Gasteiger partial charge in [-0.25, -0.2) is 4.39 Å². The first-order valence-electron chi connectivity index (χ1n) is 7.01. The minimum atomic E-state index is -6.57. The first-order chi connectivity index (χ1) is 11.4. The van der Waals surface area contributed by atoms with Crippen LogP contribution < -0.4 is 4.90 Å². The fourth-order valence-electron chi connectivity index (χ4n) is 2.37. The van der Waals surface area contributed by atoms with Crippen LogP contribution in [0.5, 0.6) is 0 Å². The maximum atomic E-state index is 13.6. The summed E-state index contributed by atoms with van der Waals surface area (Å²) in [5, 5.41) is 0. The summed E-state index contributed by atoms with van der Waals surface area (Å²) >= 11 is 0. The number of alkyl halides is 7. The van der Waals surface area contributed by atoms with Gasteiger partial charge in [-0.3, -0.25) is 4.79 Å². The Morgan fingerprint density at radius 1 is 0.880 bits per heavy atom. The SMILES string of the molecule is O=C(N1CCN(c2ccccc2F)CC1)C(F)(F)C(F)(F)C(F)(F)F. The summed E-state index contributed by atoms with van der Waals surface area (Å²) in [7, 11) is 0. The average Bonchev–Trinajstić information content (AvgIpc) is 2.53. The predicted molar refractivity (Wildman–Crippen MR) is 71.1 cm³/mol. The van der Waals surface area contributed by atoms with Crippen molar-refractivity contribution >= 4 is 11.6 Å². The number of amides is 1. The van der Waals surface area contributed by atoms with Crippen molar-refractivity contribution in [3.63, 3.8) is 0 Å². The van der Waals surface area contributed by atoms with Crippen LogP contribution in [0.3, 0.4) is 0 Å². The van der Waals surface area contributed by atoms with Gasteiger partial charge in [0.1, 0.15) is 5.82 Å². The number of rotatable bonds is 3. The minimum absolute atomic E-state index is 0.113. The molecular formula is C14H12F8N2O. The molecule has 1 aliphatic rings. The van der Waals surface area contributed by atoms with Crippen LogP contribution in [0.1, 0.15) is 0 Å². The first kappa shape index (κ1) is 19.3. The lowest BCUT2D eigenvalue weighted by molar-refractivity contribution is -0.346. The van der Waals surface area contributed by atoms with Crippen LogP contribution in [-0.2, 0) is 4.79 Å². The lowest BCUT2D eigenvalue weighted by Crippen LogP contribution is -2.62. The molecule has 1 aliphatic heterocycles. The number of anilines is 1. The Balaban J connectivity index is 2.10. The summed E-state index contributed by atoms with van der Waals surface area (Å²) in [5.41, 5.74) is 0.113. The zero-order chi connectivity index (χ0) is 19.0. The van der Waals surface area contributed by atoms with E-state index in [1.165, 1.54) is 23.1 Å². The van der Waals surface area contributed by atoms with E-state index in [4.69, 9.17) is 0 Å². The lowest BCUT2D eigenvalue weighted by Gasteiger charge is -2.38. The molecule has 0 unspecified atom stereocenters. The lowest BCUT2D eigenvalue weighted by atomic mass is 10.1. The first-order valence-corrected chi connectivity index (χ1v) is 7.01. The quantitative estimate of drug-likeness (QED) is 0.756. The Labute approximate surface area is 136 Å². The highest BCUT2D eigenvalue weighted by molar-refractivity contribution is 5.85. The molecule has 0 aromatic heterocycles. The molecule has 0 saturated carbocycles. The van der Waals surface area contributed by atoms with Crippen molar-refractivity contribution in [2.75, 3.05) is 31.1 Å². The van der Waals surface area contributed by atoms with Gasteiger partial charge in [-0.05, 0) is 12.1 Å². The van der Waals surface area contributed by atoms with E-state index in [1.807, 2.05) is 0 Å². The van der Waals surface area contributed by atoms with Gasteiger partial charge in [0.25, 0.3) is 5.91 Å². The van der Waals surface area contributed by atoms with Crippen LogP contribution in [-0.4, -0.2) is 55.0 Å². The number of para-hydroxylation sites is 1. The maximum Gasteiger partial charge on any atom is 0.460 e. The van der Waals surface area contributed by atoms with Crippen molar-refractivity contribution in [1.29, 1.82) is 0 Å².